The van der Waals surface area contributed by atoms with Crippen molar-refractivity contribution in [1.82, 2.24) is 4.72 Å². The van der Waals surface area contributed by atoms with Gasteiger partial charge in [-0.15, -0.1) is 0 Å². The normalized spacial score (nSPS) is 19.2. The van der Waals surface area contributed by atoms with E-state index in [0.29, 0.717) is 13.1 Å². The van der Waals surface area contributed by atoms with Crippen molar-refractivity contribution in [2.75, 3.05) is 11.4 Å². The Labute approximate surface area is 174 Å². The molecule has 0 radical (unpaired) electrons. The fourth-order valence-corrected chi connectivity index (χ4v) is 4.88. The van der Waals surface area contributed by atoms with E-state index in [1.165, 1.54) is 0 Å². The second-order valence-electron chi connectivity index (χ2n) is 7.95. The van der Waals surface area contributed by atoms with Crippen LogP contribution in [0.25, 0.3) is 0 Å². The number of rotatable bonds is 8. The number of benzene rings is 2. The van der Waals surface area contributed by atoms with Gasteiger partial charge in [-0.1, -0.05) is 48.9 Å². The van der Waals surface area contributed by atoms with Gasteiger partial charge < -0.3 is 4.90 Å². The molecule has 0 aliphatic heterocycles. The second kappa shape index (κ2) is 9.43. The molecule has 0 spiro atoms. The highest BCUT2D eigenvalue weighted by Gasteiger charge is 2.32. The van der Waals surface area contributed by atoms with Crippen LogP contribution in [-0.4, -0.2) is 26.3 Å². The molecule has 0 aromatic heterocycles. The van der Waals surface area contributed by atoms with Gasteiger partial charge in [0, 0.05) is 24.2 Å². The third-order valence-electron chi connectivity index (χ3n) is 5.62. The average molecular weight is 412 g/mol. The molecular weight excluding hydrogens is 382 g/mol. The molecule has 154 valence electrons. The van der Waals surface area contributed by atoms with E-state index < -0.39 is 15.3 Å². The van der Waals surface area contributed by atoms with Crippen LogP contribution in [0.4, 0.5) is 5.69 Å². The first-order valence-corrected chi connectivity index (χ1v) is 11.7. The molecule has 1 fully saturated rings. The summed E-state index contributed by atoms with van der Waals surface area (Å²) in [6, 6.07) is 20.6. The van der Waals surface area contributed by atoms with Crippen LogP contribution in [0.2, 0.25) is 0 Å². The molecule has 1 N–H and O–H groups in total. The lowest BCUT2D eigenvalue weighted by atomic mass is 9.94. The van der Waals surface area contributed by atoms with Gasteiger partial charge in [-0.05, 0) is 49.9 Å². The SMILES string of the molecule is CC(C)S(=O)(=O)N[C@H]1CCC[C@H]1c1ccc(N(CC#N)Cc2ccccc2)cc1. The van der Waals surface area contributed by atoms with Crippen molar-refractivity contribution >= 4 is 15.7 Å². The zero-order valence-corrected chi connectivity index (χ0v) is 17.9. The van der Waals surface area contributed by atoms with Crippen LogP contribution in [0.1, 0.15) is 50.2 Å². The van der Waals surface area contributed by atoms with Gasteiger partial charge in [0.1, 0.15) is 6.54 Å². The first-order chi connectivity index (χ1) is 13.9. The molecule has 0 unspecified atom stereocenters. The van der Waals surface area contributed by atoms with Crippen LogP contribution in [0.3, 0.4) is 0 Å². The Kier molecular flexibility index (Phi) is 6.94. The maximum absolute atomic E-state index is 12.3. The molecule has 0 amide bonds. The van der Waals surface area contributed by atoms with Gasteiger partial charge in [0.05, 0.1) is 11.3 Å². The Hall–Kier alpha value is -2.36. The molecule has 1 aliphatic carbocycles. The Morgan fingerprint density at radius 1 is 1.10 bits per heavy atom. The van der Waals surface area contributed by atoms with Gasteiger partial charge in [-0.3, -0.25) is 0 Å². The maximum Gasteiger partial charge on any atom is 0.214 e. The van der Waals surface area contributed by atoms with Gasteiger partial charge in [0.2, 0.25) is 10.0 Å². The summed E-state index contributed by atoms with van der Waals surface area (Å²) < 4.78 is 27.5. The largest absolute Gasteiger partial charge is 0.354 e. The van der Waals surface area contributed by atoms with Gasteiger partial charge in [-0.25, -0.2) is 13.1 Å². The summed E-state index contributed by atoms with van der Waals surface area (Å²) in [5, 5.41) is 8.81. The highest BCUT2D eigenvalue weighted by Crippen LogP contribution is 2.36. The van der Waals surface area contributed by atoms with Gasteiger partial charge in [0.15, 0.2) is 0 Å². The van der Waals surface area contributed by atoms with Crippen molar-refractivity contribution < 1.29 is 8.42 Å². The molecule has 3 rings (SSSR count). The molecular formula is C23H29N3O2S. The second-order valence-corrected chi connectivity index (χ2v) is 10.2. The average Bonchev–Trinajstić information content (AvgIpc) is 3.16. The molecule has 0 heterocycles. The minimum Gasteiger partial charge on any atom is -0.354 e. The van der Waals surface area contributed by atoms with Crippen LogP contribution in [-0.2, 0) is 16.6 Å². The lowest BCUT2D eigenvalue weighted by Gasteiger charge is -2.25. The zero-order chi connectivity index (χ0) is 20.9. The number of hydrogen-bond donors (Lipinski definition) is 1. The van der Waals surface area contributed by atoms with Crippen molar-refractivity contribution in [3.63, 3.8) is 0 Å². The Morgan fingerprint density at radius 2 is 1.79 bits per heavy atom. The van der Waals surface area contributed by atoms with Crippen LogP contribution in [0, 0.1) is 11.3 Å². The van der Waals surface area contributed by atoms with Crippen LogP contribution < -0.4 is 9.62 Å². The summed E-state index contributed by atoms with van der Waals surface area (Å²) in [5.74, 6) is 0.191. The predicted octanol–water partition coefficient (Wildman–Crippen LogP) is 4.18. The quantitative estimate of drug-likeness (QED) is 0.661. The fraction of sp³-hybridized carbons (Fsp3) is 0.435. The lowest BCUT2D eigenvalue weighted by Crippen LogP contribution is -2.40. The first-order valence-electron chi connectivity index (χ1n) is 10.2. The van der Waals surface area contributed by atoms with Crippen molar-refractivity contribution in [2.45, 2.75) is 56.9 Å². The number of sulfonamides is 1. The Bertz CT molecular complexity index is 934. The standard InChI is InChI=1S/C23H29N3O2S/c1-18(2)29(27,28)25-23-10-6-9-22(23)20-11-13-21(14-12-20)26(16-15-24)17-19-7-4-3-5-8-19/h3-5,7-8,11-14,18,22-23,25H,6,9-10,16-17H2,1-2H3/t22-,23-/m0/s1. The van der Waals surface area contributed by atoms with Crippen molar-refractivity contribution in [3.05, 3.63) is 65.7 Å². The topological polar surface area (TPSA) is 73.2 Å². The third-order valence-corrected chi connectivity index (χ3v) is 7.49. The number of anilines is 1. The number of hydrogen-bond acceptors (Lipinski definition) is 4. The van der Waals surface area contributed by atoms with Crippen LogP contribution in [0.15, 0.2) is 54.6 Å². The molecule has 5 nitrogen and oxygen atoms in total. The highest BCUT2D eigenvalue weighted by molar-refractivity contribution is 7.90. The summed E-state index contributed by atoms with van der Waals surface area (Å²) in [6.07, 6.45) is 2.87. The fourth-order valence-electron chi connectivity index (χ4n) is 3.91. The monoisotopic (exact) mass is 411 g/mol. The van der Waals surface area contributed by atoms with E-state index in [9.17, 15) is 13.7 Å². The lowest BCUT2D eigenvalue weighted by molar-refractivity contribution is 0.519. The minimum absolute atomic E-state index is 0.0484. The van der Waals surface area contributed by atoms with E-state index >= 15 is 0 Å². The number of nitrogens with one attached hydrogen (secondary N) is 1. The van der Waals surface area contributed by atoms with E-state index in [4.69, 9.17) is 0 Å². The Balaban J connectivity index is 1.75. The van der Waals surface area contributed by atoms with E-state index in [0.717, 1.165) is 36.1 Å². The third kappa shape index (κ3) is 5.37. The minimum atomic E-state index is -3.28. The molecule has 6 heteroatoms. The molecule has 0 saturated heterocycles. The highest BCUT2D eigenvalue weighted by atomic mass is 32.2. The summed E-state index contributed by atoms with van der Waals surface area (Å²) >= 11 is 0. The summed E-state index contributed by atoms with van der Waals surface area (Å²) in [4.78, 5) is 2.05. The molecule has 2 atom stereocenters. The molecule has 1 aliphatic rings. The number of nitrogens with zero attached hydrogens (tertiary/aromatic N) is 2. The van der Waals surface area contributed by atoms with Gasteiger partial charge >= 0.3 is 0 Å². The summed E-state index contributed by atoms with van der Waals surface area (Å²) in [6.45, 7) is 4.40. The van der Waals surface area contributed by atoms with E-state index in [2.05, 4.69) is 35.1 Å². The van der Waals surface area contributed by atoms with Crippen molar-refractivity contribution in [2.24, 2.45) is 0 Å². The number of nitriles is 1. The summed E-state index contributed by atoms with van der Waals surface area (Å²) in [5.41, 5.74) is 3.31. The van der Waals surface area contributed by atoms with Crippen LogP contribution >= 0.6 is 0 Å². The molecule has 1 saturated carbocycles. The van der Waals surface area contributed by atoms with Crippen LogP contribution in [0.5, 0.6) is 0 Å². The zero-order valence-electron chi connectivity index (χ0n) is 17.1. The Morgan fingerprint density at radius 3 is 2.41 bits per heavy atom. The molecule has 29 heavy (non-hydrogen) atoms. The summed E-state index contributed by atoms with van der Waals surface area (Å²) in [7, 11) is -3.28. The molecule has 2 aromatic rings. The van der Waals surface area contributed by atoms with Crippen molar-refractivity contribution in [1.29, 1.82) is 5.26 Å². The van der Waals surface area contributed by atoms with E-state index in [1.54, 1.807) is 13.8 Å². The molecule has 2 aromatic carbocycles. The molecule has 0 bridgehead atoms. The van der Waals surface area contributed by atoms with E-state index in [-0.39, 0.29) is 12.0 Å². The first kappa shape index (κ1) is 21.4. The predicted molar refractivity (Wildman–Crippen MR) is 117 cm³/mol. The maximum atomic E-state index is 12.3. The van der Waals surface area contributed by atoms with Crippen molar-refractivity contribution in [3.8, 4) is 6.07 Å². The smallest absolute Gasteiger partial charge is 0.214 e. The van der Waals surface area contributed by atoms with Gasteiger partial charge in [-0.2, -0.15) is 5.26 Å². The van der Waals surface area contributed by atoms with Gasteiger partial charge in [0.25, 0.3) is 0 Å². The van der Waals surface area contributed by atoms with E-state index in [1.807, 2.05) is 35.2 Å².